The summed E-state index contributed by atoms with van der Waals surface area (Å²) in [5, 5.41) is 11.0. The molecule has 0 aliphatic carbocycles. The van der Waals surface area contributed by atoms with E-state index >= 15 is 0 Å². The van der Waals surface area contributed by atoms with Crippen LogP contribution in [0.25, 0.3) is 17.0 Å². The van der Waals surface area contributed by atoms with Crippen molar-refractivity contribution in [2.45, 2.75) is 39.2 Å². The Bertz CT molecular complexity index is 1150. The van der Waals surface area contributed by atoms with Gasteiger partial charge in [-0.3, -0.25) is 14.5 Å². The largest absolute Gasteiger partial charge is 0.481 e. The molecule has 1 aliphatic heterocycles. The number of hydrogen-bond donors (Lipinski definition) is 1. The van der Waals surface area contributed by atoms with E-state index in [4.69, 9.17) is 4.42 Å². The lowest BCUT2D eigenvalue weighted by Gasteiger charge is -2.38. The van der Waals surface area contributed by atoms with Crippen molar-refractivity contribution in [2.75, 3.05) is 19.6 Å². The number of hydrogen-bond acceptors (Lipinski definition) is 4. The highest BCUT2D eigenvalue weighted by Gasteiger charge is 2.40. The average Bonchev–Trinajstić information content (AvgIpc) is 3.30. The lowest BCUT2D eigenvalue weighted by atomic mass is 9.75. The van der Waals surface area contributed by atoms with Gasteiger partial charge in [0.25, 0.3) is 5.56 Å². The number of carboxylic acid groups (broad SMARTS) is 1. The van der Waals surface area contributed by atoms with E-state index in [-0.39, 0.29) is 5.56 Å². The quantitative estimate of drug-likeness (QED) is 0.562. The van der Waals surface area contributed by atoms with Gasteiger partial charge in [0.1, 0.15) is 5.76 Å². The summed E-state index contributed by atoms with van der Waals surface area (Å²) in [4.78, 5) is 27.0. The summed E-state index contributed by atoms with van der Waals surface area (Å²) in [5.74, 6) is 0.102. The second-order valence-corrected chi connectivity index (χ2v) is 8.79. The zero-order valence-corrected chi connectivity index (χ0v) is 18.5. The third-order valence-electron chi connectivity index (χ3n) is 6.64. The van der Waals surface area contributed by atoms with Crippen LogP contribution in [0.3, 0.4) is 0 Å². The van der Waals surface area contributed by atoms with E-state index in [9.17, 15) is 14.7 Å². The molecular weight excluding hydrogens is 404 g/mol. The van der Waals surface area contributed by atoms with E-state index in [1.165, 1.54) is 0 Å². The highest BCUT2D eigenvalue weighted by molar-refractivity contribution is 5.79. The first kappa shape index (κ1) is 22.1. The zero-order valence-electron chi connectivity index (χ0n) is 18.5. The molecule has 0 atom stereocenters. The molecule has 1 N–H and O–H groups in total. The molecule has 1 aliphatic rings. The summed E-state index contributed by atoms with van der Waals surface area (Å²) < 4.78 is 7.09. The van der Waals surface area contributed by atoms with Gasteiger partial charge in [0.15, 0.2) is 0 Å². The molecule has 0 spiro atoms. The molecule has 6 heteroatoms. The van der Waals surface area contributed by atoms with Crippen molar-refractivity contribution >= 4 is 22.9 Å². The fourth-order valence-electron chi connectivity index (χ4n) is 4.64. The Labute approximate surface area is 187 Å². The van der Waals surface area contributed by atoms with Crippen LogP contribution in [0.1, 0.15) is 37.0 Å². The second kappa shape index (κ2) is 9.57. The molecule has 1 aromatic carbocycles. The van der Waals surface area contributed by atoms with Crippen molar-refractivity contribution in [1.29, 1.82) is 0 Å². The fraction of sp³-hybridized carbons (Fsp3) is 0.385. The first-order valence-corrected chi connectivity index (χ1v) is 11.2. The number of benzene rings is 1. The van der Waals surface area contributed by atoms with E-state index in [1.54, 1.807) is 16.9 Å². The normalized spacial score (nSPS) is 16.7. The standard InChI is InChI=1S/C26H30N2O4/c1-20-7-8-21-9-10-24(29)28(23(21)19-20)15-4-11-26(25(30)31)12-16-27(17-13-26)14-2-5-22-6-3-18-32-22/h2-3,5-10,18-19H,4,11-17H2,1H3,(H,30,31)/b5-2+. The number of piperidine rings is 1. The molecule has 1 fully saturated rings. The maximum absolute atomic E-state index is 12.5. The topological polar surface area (TPSA) is 75.7 Å². The number of carboxylic acids is 1. The molecule has 4 rings (SSSR count). The molecule has 0 bridgehead atoms. The predicted octanol–water partition coefficient (Wildman–Crippen LogP) is 4.56. The molecule has 2 aromatic heterocycles. The van der Waals surface area contributed by atoms with Crippen LogP contribution in [0.4, 0.5) is 0 Å². The molecule has 0 radical (unpaired) electrons. The number of rotatable bonds is 8. The van der Waals surface area contributed by atoms with Crippen molar-refractivity contribution in [1.82, 2.24) is 9.47 Å². The lowest BCUT2D eigenvalue weighted by Crippen LogP contribution is -2.44. The zero-order chi connectivity index (χ0) is 22.6. The van der Waals surface area contributed by atoms with Crippen molar-refractivity contribution < 1.29 is 14.3 Å². The van der Waals surface area contributed by atoms with Gasteiger partial charge in [0, 0.05) is 19.2 Å². The summed E-state index contributed by atoms with van der Waals surface area (Å²) in [6.07, 6.45) is 8.14. The minimum absolute atomic E-state index is 0.0364. The maximum Gasteiger partial charge on any atom is 0.309 e. The van der Waals surface area contributed by atoms with Gasteiger partial charge in [-0.2, -0.15) is 0 Å². The number of furan rings is 1. The highest BCUT2D eigenvalue weighted by Crippen LogP contribution is 2.37. The summed E-state index contributed by atoms with van der Waals surface area (Å²) >= 11 is 0. The Balaban J connectivity index is 1.37. The van der Waals surface area contributed by atoms with Gasteiger partial charge in [0.05, 0.1) is 17.2 Å². The van der Waals surface area contributed by atoms with E-state index in [0.29, 0.717) is 32.2 Å². The minimum atomic E-state index is -0.718. The Morgan fingerprint density at radius 3 is 2.69 bits per heavy atom. The molecule has 32 heavy (non-hydrogen) atoms. The van der Waals surface area contributed by atoms with Crippen LogP contribution >= 0.6 is 0 Å². The van der Waals surface area contributed by atoms with Gasteiger partial charge in [0.2, 0.25) is 0 Å². The Morgan fingerprint density at radius 1 is 1.19 bits per heavy atom. The maximum atomic E-state index is 12.5. The molecule has 3 heterocycles. The Kier molecular flexibility index (Phi) is 6.61. The average molecular weight is 435 g/mol. The number of carbonyl (C=O) groups is 1. The number of pyridine rings is 1. The van der Waals surface area contributed by atoms with Gasteiger partial charge in [-0.1, -0.05) is 18.2 Å². The number of fused-ring (bicyclic) bond motifs is 1. The van der Waals surface area contributed by atoms with Gasteiger partial charge in [-0.15, -0.1) is 0 Å². The SMILES string of the molecule is Cc1ccc2ccc(=O)n(CCCC3(C(=O)O)CCN(C/C=C/c4ccco4)CC3)c2c1. The first-order valence-electron chi connectivity index (χ1n) is 11.2. The van der Waals surface area contributed by atoms with Crippen molar-refractivity contribution in [3.63, 3.8) is 0 Å². The second-order valence-electron chi connectivity index (χ2n) is 8.79. The van der Waals surface area contributed by atoms with E-state index in [1.807, 2.05) is 49.4 Å². The van der Waals surface area contributed by atoms with Gasteiger partial charge < -0.3 is 14.1 Å². The van der Waals surface area contributed by atoms with Crippen LogP contribution in [0, 0.1) is 12.3 Å². The van der Waals surface area contributed by atoms with Gasteiger partial charge in [-0.05, 0) is 87.0 Å². The van der Waals surface area contributed by atoms with Crippen LogP contribution in [0.2, 0.25) is 0 Å². The molecule has 0 saturated carbocycles. The smallest absolute Gasteiger partial charge is 0.309 e. The molecule has 3 aromatic rings. The van der Waals surface area contributed by atoms with Gasteiger partial charge in [-0.25, -0.2) is 0 Å². The van der Waals surface area contributed by atoms with Crippen LogP contribution in [-0.4, -0.2) is 40.2 Å². The molecule has 168 valence electrons. The molecule has 0 amide bonds. The highest BCUT2D eigenvalue weighted by atomic mass is 16.4. The summed E-state index contributed by atoms with van der Waals surface area (Å²) in [6.45, 7) is 4.83. The van der Waals surface area contributed by atoms with Crippen molar-refractivity contribution in [3.05, 3.63) is 76.5 Å². The summed E-state index contributed by atoms with van der Waals surface area (Å²) in [6, 6.07) is 13.3. The number of likely N-dealkylation sites (tertiary alicyclic amines) is 1. The Morgan fingerprint density at radius 2 is 1.97 bits per heavy atom. The number of aliphatic carboxylic acids is 1. The van der Waals surface area contributed by atoms with Crippen LogP contribution in [0.5, 0.6) is 0 Å². The fourth-order valence-corrected chi connectivity index (χ4v) is 4.64. The molecule has 0 unspecified atom stereocenters. The van der Waals surface area contributed by atoms with Crippen LogP contribution < -0.4 is 5.56 Å². The van der Waals surface area contributed by atoms with Crippen molar-refractivity contribution in [2.24, 2.45) is 5.41 Å². The van der Waals surface area contributed by atoms with E-state index in [2.05, 4.69) is 11.0 Å². The lowest BCUT2D eigenvalue weighted by molar-refractivity contribution is -0.152. The molecule has 1 saturated heterocycles. The first-order chi connectivity index (χ1) is 15.5. The van der Waals surface area contributed by atoms with Gasteiger partial charge >= 0.3 is 5.97 Å². The van der Waals surface area contributed by atoms with Crippen molar-refractivity contribution in [3.8, 4) is 0 Å². The monoisotopic (exact) mass is 434 g/mol. The number of nitrogens with zero attached hydrogens (tertiary/aromatic N) is 2. The minimum Gasteiger partial charge on any atom is -0.481 e. The summed E-state index contributed by atoms with van der Waals surface area (Å²) in [5.41, 5.74) is 1.27. The van der Waals surface area contributed by atoms with Crippen LogP contribution in [0.15, 0.2) is 64.0 Å². The molecular formula is C26H30N2O4. The van der Waals surface area contributed by atoms with E-state index < -0.39 is 11.4 Å². The molecule has 6 nitrogen and oxygen atoms in total. The third kappa shape index (κ3) is 4.86. The van der Waals surface area contributed by atoms with Crippen LogP contribution in [-0.2, 0) is 11.3 Å². The third-order valence-corrected chi connectivity index (χ3v) is 6.64. The van der Waals surface area contributed by atoms with E-state index in [0.717, 1.165) is 41.9 Å². The predicted molar refractivity (Wildman–Crippen MR) is 126 cm³/mol. The number of aromatic nitrogens is 1. The summed E-state index contributed by atoms with van der Waals surface area (Å²) in [7, 11) is 0. The number of aryl methyl sites for hydroxylation is 2. The Hall–Kier alpha value is -3.12.